The van der Waals surface area contributed by atoms with Crippen LogP contribution in [-0.4, -0.2) is 21.7 Å². The topological polar surface area (TPSA) is 72.9 Å². The third-order valence-corrected chi connectivity index (χ3v) is 2.29. The Bertz CT molecular complexity index is 346. The number of nitrogens with zero attached hydrogens (tertiary/aromatic N) is 2. The van der Waals surface area contributed by atoms with Gasteiger partial charge in [-0.3, -0.25) is 9.48 Å². The van der Waals surface area contributed by atoms with Crippen LogP contribution in [0.15, 0.2) is 12.4 Å². The van der Waals surface area contributed by atoms with Gasteiger partial charge in [-0.25, -0.2) is 0 Å². The summed E-state index contributed by atoms with van der Waals surface area (Å²) in [6, 6.07) is -0.420. The first kappa shape index (κ1) is 12.7. The van der Waals surface area contributed by atoms with Gasteiger partial charge in [-0.2, -0.15) is 5.10 Å². The Balaban J connectivity index is 2.35. The molecule has 1 atom stereocenters. The average molecular weight is 224 g/mol. The van der Waals surface area contributed by atoms with Gasteiger partial charge in [0.05, 0.1) is 12.2 Å². The minimum atomic E-state index is -0.420. The summed E-state index contributed by atoms with van der Waals surface area (Å²) in [5.74, 6) is 0.330. The predicted octanol–water partition coefficient (Wildman–Crippen LogP) is 0.410. The van der Waals surface area contributed by atoms with Gasteiger partial charge in [0.15, 0.2) is 0 Å². The van der Waals surface area contributed by atoms with Gasteiger partial charge < -0.3 is 11.1 Å². The number of amides is 1. The maximum atomic E-state index is 11.6. The summed E-state index contributed by atoms with van der Waals surface area (Å²) in [4.78, 5) is 11.6. The molecule has 1 unspecified atom stereocenters. The highest BCUT2D eigenvalue weighted by atomic mass is 16.2. The highest BCUT2D eigenvalue weighted by molar-refractivity contribution is 5.81. The van der Waals surface area contributed by atoms with E-state index >= 15 is 0 Å². The van der Waals surface area contributed by atoms with Gasteiger partial charge in [0, 0.05) is 25.4 Å². The fourth-order valence-corrected chi connectivity index (χ4v) is 1.50. The van der Waals surface area contributed by atoms with Gasteiger partial charge in [-0.15, -0.1) is 0 Å². The molecule has 16 heavy (non-hydrogen) atoms. The van der Waals surface area contributed by atoms with Gasteiger partial charge in [0.2, 0.25) is 5.91 Å². The molecular weight excluding hydrogens is 204 g/mol. The van der Waals surface area contributed by atoms with Crippen LogP contribution in [0.5, 0.6) is 0 Å². The van der Waals surface area contributed by atoms with Crippen molar-refractivity contribution >= 4 is 5.91 Å². The van der Waals surface area contributed by atoms with Crippen molar-refractivity contribution in [3.8, 4) is 0 Å². The monoisotopic (exact) mass is 224 g/mol. The van der Waals surface area contributed by atoms with E-state index in [-0.39, 0.29) is 5.91 Å². The fraction of sp³-hybridized carbons (Fsp3) is 0.636. The standard InChI is InChI=1S/C11H20N4O/c1-8(2)4-10(12)11(16)13-5-9-6-14-15(3)7-9/h6-8,10H,4-5,12H2,1-3H3,(H,13,16). The van der Waals surface area contributed by atoms with Crippen molar-refractivity contribution in [2.75, 3.05) is 0 Å². The molecule has 1 aromatic heterocycles. The maximum Gasteiger partial charge on any atom is 0.237 e. The fourth-order valence-electron chi connectivity index (χ4n) is 1.50. The summed E-state index contributed by atoms with van der Waals surface area (Å²) in [6.45, 7) is 4.58. The Morgan fingerprint density at radius 3 is 2.81 bits per heavy atom. The number of carbonyl (C=O) groups is 1. The summed E-state index contributed by atoms with van der Waals surface area (Å²) < 4.78 is 1.70. The van der Waals surface area contributed by atoms with Crippen molar-refractivity contribution in [3.63, 3.8) is 0 Å². The molecule has 0 aliphatic rings. The van der Waals surface area contributed by atoms with E-state index in [0.717, 1.165) is 5.56 Å². The van der Waals surface area contributed by atoms with Gasteiger partial charge >= 0.3 is 0 Å². The summed E-state index contributed by atoms with van der Waals surface area (Å²) >= 11 is 0. The molecule has 1 heterocycles. The van der Waals surface area contributed by atoms with Crippen molar-refractivity contribution in [2.45, 2.75) is 32.9 Å². The Kier molecular flexibility index (Phi) is 4.49. The van der Waals surface area contributed by atoms with E-state index in [2.05, 4.69) is 10.4 Å². The average Bonchev–Trinajstić information content (AvgIpc) is 2.59. The number of aryl methyl sites for hydroxylation is 1. The van der Waals surface area contributed by atoms with Crippen LogP contribution in [-0.2, 0) is 18.4 Å². The SMILES string of the molecule is CC(C)CC(N)C(=O)NCc1cnn(C)c1. The number of nitrogens with one attached hydrogen (secondary N) is 1. The number of nitrogens with two attached hydrogens (primary N) is 1. The number of carbonyl (C=O) groups excluding carboxylic acids is 1. The molecule has 5 heteroatoms. The van der Waals surface area contributed by atoms with Gasteiger partial charge in [-0.1, -0.05) is 13.8 Å². The van der Waals surface area contributed by atoms with Gasteiger partial charge in [0.25, 0.3) is 0 Å². The predicted molar refractivity (Wildman–Crippen MR) is 62.5 cm³/mol. The number of rotatable bonds is 5. The second-order valence-electron chi connectivity index (χ2n) is 4.48. The van der Waals surface area contributed by atoms with Crippen LogP contribution in [0.1, 0.15) is 25.8 Å². The summed E-state index contributed by atoms with van der Waals surface area (Å²) in [5, 5.41) is 6.82. The molecule has 0 radical (unpaired) electrons. The molecule has 1 aromatic rings. The van der Waals surface area contributed by atoms with Crippen molar-refractivity contribution in [1.82, 2.24) is 15.1 Å². The molecule has 1 amide bonds. The Morgan fingerprint density at radius 2 is 2.31 bits per heavy atom. The number of aromatic nitrogens is 2. The van der Waals surface area contributed by atoms with E-state index in [1.54, 1.807) is 10.9 Å². The Morgan fingerprint density at radius 1 is 1.62 bits per heavy atom. The van der Waals surface area contributed by atoms with E-state index < -0.39 is 6.04 Å². The van der Waals surface area contributed by atoms with E-state index in [0.29, 0.717) is 18.9 Å². The minimum absolute atomic E-state index is 0.0995. The quantitative estimate of drug-likeness (QED) is 0.761. The zero-order chi connectivity index (χ0) is 12.1. The highest BCUT2D eigenvalue weighted by Gasteiger charge is 2.14. The first-order valence-corrected chi connectivity index (χ1v) is 5.50. The lowest BCUT2D eigenvalue weighted by atomic mass is 10.0. The van der Waals surface area contributed by atoms with E-state index in [1.165, 1.54) is 0 Å². The lowest BCUT2D eigenvalue weighted by Gasteiger charge is -2.13. The first-order chi connectivity index (χ1) is 7.49. The van der Waals surface area contributed by atoms with Crippen LogP contribution < -0.4 is 11.1 Å². The zero-order valence-electron chi connectivity index (χ0n) is 10.1. The van der Waals surface area contributed by atoms with Crippen molar-refractivity contribution in [3.05, 3.63) is 18.0 Å². The van der Waals surface area contributed by atoms with Crippen LogP contribution in [0.2, 0.25) is 0 Å². The van der Waals surface area contributed by atoms with Crippen LogP contribution in [0.25, 0.3) is 0 Å². The Labute approximate surface area is 96.0 Å². The largest absolute Gasteiger partial charge is 0.351 e. The lowest BCUT2D eigenvalue weighted by Crippen LogP contribution is -2.40. The normalized spacial score (nSPS) is 12.8. The summed E-state index contributed by atoms with van der Waals surface area (Å²) in [5.41, 5.74) is 6.73. The van der Waals surface area contributed by atoms with E-state index in [4.69, 9.17) is 5.73 Å². The highest BCUT2D eigenvalue weighted by Crippen LogP contribution is 2.03. The van der Waals surface area contributed by atoms with Crippen LogP contribution in [0.3, 0.4) is 0 Å². The van der Waals surface area contributed by atoms with Crippen molar-refractivity contribution in [2.24, 2.45) is 18.7 Å². The first-order valence-electron chi connectivity index (χ1n) is 5.50. The molecule has 0 spiro atoms. The van der Waals surface area contributed by atoms with E-state index in [9.17, 15) is 4.79 Å². The van der Waals surface area contributed by atoms with Crippen LogP contribution in [0.4, 0.5) is 0 Å². The van der Waals surface area contributed by atoms with Crippen LogP contribution >= 0.6 is 0 Å². The molecular formula is C11H20N4O. The Hall–Kier alpha value is -1.36. The molecule has 0 fully saturated rings. The molecule has 0 aromatic carbocycles. The van der Waals surface area contributed by atoms with Crippen LogP contribution in [0, 0.1) is 5.92 Å². The maximum absolute atomic E-state index is 11.6. The number of hydrogen-bond donors (Lipinski definition) is 2. The zero-order valence-corrected chi connectivity index (χ0v) is 10.1. The molecule has 1 rings (SSSR count). The smallest absolute Gasteiger partial charge is 0.237 e. The third kappa shape index (κ3) is 4.02. The molecule has 0 bridgehead atoms. The van der Waals surface area contributed by atoms with Gasteiger partial charge in [-0.05, 0) is 12.3 Å². The second-order valence-corrected chi connectivity index (χ2v) is 4.48. The molecule has 0 saturated heterocycles. The molecule has 0 saturated carbocycles. The summed E-state index contributed by atoms with van der Waals surface area (Å²) in [6.07, 6.45) is 4.31. The molecule has 3 N–H and O–H groups in total. The number of hydrogen-bond acceptors (Lipinski definition) is 3. The lowest BCUT2D eigenvalue weighted by molar-refractivity contribution is -0.122. The van der Waals surface area contributed by atoms with E-state index in [1.807, 2.05) is 27.1 Å². The minimum Gasteiger partial charge on any atom is -0.351 e. The third-order valence-electron chi connectivity index (χ3n) is 2.29. The molecule has 0 aliphatic heterocycles. The van der Waals surface area contributed by atoms with Gasteiger partial charge in [0.1, 0.15) is 0 Å². The summed E-state index contributed by atoms with van der Waals surface area (Å²) in [7, 11) is 1.84. The molecule has 90 valence electrons. The van der Waals surface area contributed by atoms with Crippen molar-refractivity contribution < 1.29 is 4.79 Å². The van der Waals surface area contributed by atoms with Crippen molar-refractivity contribution in [1.29, 1.82) is 0 Å². The molecule has 5 nitrogen and oxygen atoms in total. The second kappa shape index (κ2) is 5.65. The molecule has 0 aliphatic carbocycles.